The summed E-state index contributed by atoms with van der Waals surface area (Å²) in [5.41, 5.74) is 1.08. The van der Waals surface area contributed by atoms with Gasteiger partial charge >= 0.3 is 0 Å². The largest absolute Gasteiger partial charge is 0.389 e. The molecule has 0 aromatic heterocycles. The van der Waals surface area contributed by atoms with E-state index in [1.54, 1.807) is 0 Å². The first-order valence-corrected chi connectivity index (χ1v) is 5.52. The highest BCUT2D eigenvalue weighted by Gasteiger charge is 1.92. The third-order valence-corrected chi connectivity index (χ3v) is 1.64. The molecule has 0 rings (SSSR count). The maximum absolute atomic E-state index is 3.78. The smallest absolute Gasteiger partial charge is 0.0143 e. The molecule has 1 heteroatoms. The Kier molecular flexibility index (Phi) is 13.3. The molecule has 0 aromatic carbocycles. The van der Waals surface area contributed by atoms with Gasteiger partial charge in [-0.05, 0) is 19.3 Å². The lowest BCUT2D eigenvalue weighted by molar-refractivity contribution is 0.531. The van der Waals surface area contributed by atoms with Crippen molar-refractivity contribution in [3.8, 4) is 0 Å². The SMILES string of the molecule is C=C(C)NCCCCC(C)C.CC. The number of nitrogens with one attached hydrogen (secondary N) is 1. The van der Waals surface area contributed by atoms with Crippen LogP contribution in [0.15, 0.2) is 12.3 Å². The molecule has 0 fully saturated rings. The summed E-state index contributed by atoms with van der Waals surface area (Å²) in [6.45, 7) is 15.4. The second-order valence-electron chi connectivity index (χ2n) is 3.60. The molecule has 80 valence electrons. The minimum absolute atomic E-state index is 0.847. The standard InChI is InChI=1S/C10H21N.C2H6/c1-9(2)7-5-6-8-11-10(3)4;1-2/h9,11H,3,5-8H2,1-2,4H3;1-2H3. The molecular weight excluding hydrogens is 158 g/mol. The molecule has 13 heavy (non-hydrogen) atoms. The van der Waals surface area contributed by atoms with Gasteiger partial charge in [-0.3, -0.25) is 0 Å². The predicted octanol–water partition coefficient (Wildman–Crippen LogP) is 3.96. The monoisotopic (exact) mass is 185 g/mol. The minimum atomic E-state index is 0.847. The van der Waals surface area contributed by atoms with Crippen LogP contribution in [0, 0.1) is 5.92 Å². The molecule has 0 unspecified atom stereocenters. The Hall–Kier alpha value is -0.460. The van der Waals surface area contributed by atoms with Crippen molar-refractivity contribution in [2.24, 2.45) is 5.92 Å². The van der Waals surface area contributed by atoms with Crippen molar-refractivity contribution in [3.05, 3.63) is 12.3 Å². The van der Waals surface area contributed by atoms with Crippen LogP contribution in [0.3, 0.4) is 0 Å². The third-order valence-electron chi connectivity index (χ3n) is 1.64. The quantitative estimate of drug-likeness (QED) is 0.618. The molecule has 0 radical (unpaired) electrons. The molecule has 0 atom stereocenters. The predicted molar refractivity (Wildman–Crippen MR) is 62.9 cm³/mol. The van der Waals surface area contributed by atoms with Crippen molar-refractivity contribution in [3.63, 3.8) is 0 Å². The highest BCUT2D eigenvalue weighted by molar-refractivity contribution is 4.83. The van der Waals surface area contributed by atoms with Gasteiger partial charge in [-0.1, -0.05) is 47.1 Å². The van der Waals surface area contributed by atoms with E-state index in [0.29, 0.717) is 0 Å². The highest BCUT2D eigenvalue weighted by Crippen LogP contribution is 2.05. The van der Waals surface area contributed by atoms with Crippen LogP contribution in [-0.2, 0) is 0 Å². The Morgan fingerprint density at radius 2 is 1.77 bits per heavy atom. The van der Waals surface area contributed by atoms with Crippen molar-refractivity contribution in [2.75, 3.05) is 6.54 Å². The zero-order valence-corrected chi connectivity index (χ0v) is 10.1. The average molecular weight is 185 g/mol. The lowest BCUT2D eigenvalue weighted by Gasteiger charge is -2.06. The number of allylic oxidation sites excluding steroid dienone is 1. The van der Waals surface area contributed by atoms with Gasteiger partial charge in [0.2, 0.25) is 0 Å². The second-order valence-corrected chi connectivity index (χ2v) is 3.60. The number of rotatable bonds is 6. The number of unbranched alkanes of at least 4 members (excludes halogenated alkanes) is 1. The van der Waals surface area contributed by atoms with E-state index < -0.39 is 0 Å². The van der Waals surface area contributed by atoms with Crippen molar-refractivity contribution in [2.45, 2.75) is 53.9 Å². The van der Waals surface area contributed by atoms with E-state index in [2.05, 4.69) is 25.7 Å². The van der Waals surface area contributed by atoms with Crippen LogP contribution in [-0.4, -0.2) is 6.54 Å². The van der Waals surface area contributed by atoms with Crippen LogP contribution >= 0.6 is 0 Å². The van der Waals surface area contributed by atoms with Gasteiger partial charge in [0.15, 0.2) is 0 Å². The lowest BCUT2D eigenvalue weighted by atomic mass is 10.1. The van der Waals surface area contributed by atoms with Crippen LogP contribution < -0.4 is 5.32 Å². The summed E-state index contributed by atoms with van der Waals surface area (Å²) in [5, 5.41) is 3.22. The molecule has 0 aliphatic heterocycles. The summed E-state index contributed by atoms with van der Waals surface area (Å²) in [7, 11) is 0. The van der Waals surface area contributed by atoms with Crippen LogP contribution in [0.5, 0.6) is 0 Å². The van der Waals surface area contributed by atoms with E-state index in [4.69, 9.17) is 0 Å². The first-order chi connectivity index (χ1) is 6.13. The number of hydrogen-bond acceptors (Lipinski definition) is 1. The van der Waals surface area contributed by atoms with Gasteiger partial charge in [-0.15, -0.1) is 0 Å². The fraction of sp³-hybridized carbons (Fsp3) is 0.833. The van der Waals surface area contributed by atoms with Gasteiger partial charge in [0, 0.05) is 12.2 Å². The maximum Gasteiger partial charge on any atom is 0.0143 e. The molecule has 0 saturated heterocycles. The van der Waals surface area contributed by atoms with E-state index in [1.165, 1.54) is 19.3 Å². The molecule has 0 aliphatic rings. The molecule has 0 aliphatic carbocycles. The van der Waals surface area contributed by atoms with Crippen molar-refractivity contribution in [1.29, 1.82) is 0 Å². The zero-order chi connectivity index (χ0) is 10.7. The second kappa shape index (κ2) is 11.5. The average Bonchev–Trinajstić information content (AvgIpc) is 2.06. The Morgan fingerprint density at radius 3 is 2.15 bits per heavy atom. The van der Waals surface area contributed by atoms with Crippen molar-refractivity contribution in [1.82, 2.24) is 5.32 Å². The summed E-state index contributed by atoms with van der Waals surface area (Å²) in [6.07, 6.45) is 3.95. The van der Waals surface area contributed by atoms with Crippen LogP contribution in [0.4, 0.5) is 0 Å². The first kappa shape index (κ1) is 15.0. The molecule has 0 amide bonds. The first-order valence-electron chi connectivity index (χ1n) is 5.52. The van der Waals surface area contributed by atoms with Crippen molar-refractivity contribution >= 4 is 0 Å². The fourth-order valence-electron chi connectivity index (χ4n) is 0.979. The molecule has 0 spiro atoms. The van der Waals surface area contributed by atoms with Gasteiger partial charge in [0.1, 0.15) is 0 Å². The molecule has 0 heterocycles. The van der Waals surface area contributed by atoms with Gasteiger partial charge in [0.25, 0.3) is 0 Å². The minimum Gasteiger partial charge on any atom is -0.389 e. The topological polar surface area (TPSA) is 12.0 Å². The van der Waals surface area contributed by atoms with E-state index >= 15 is 0 Å². The molecule has 1 N–H and O–H groups in total. The Balaban J connectivity index is 0. The van der Waals surface area contributed by atoms with Gasteiger partial charge < -0.3 is 5.32 Å². The van der Waals surface area contributed by atoms with E-state index in [-0.39, 0.29) is 0 Å². The third kappa shape index (κ3) is 18.5. The summed E-state index contributed by atoms with van der Waals surface area (Å²) in [6, 6.07) is 0. The lowest BCUT2D eigenvalue weighted by Crippen LogP contribution is -2.11. The van der Waals surface area contributed by atoms with Crippen molar-refractivity contribution < 1.29 is 0 Å². The van der Waals surface area contributed by atoms with E-state index in [9.17, 15) is 0 Å². The normalized spacial score (nSPS) is 9.08. The zero-order valence-electron chi connectivity index (χ0n) is 10.1. The van der Waals surface area contributed by atoms with Crippen LogP contribution in [0.1, 0.15) is 53.9 Å². The summed E-state index contributed by atoms with van der Waals surface area (Å²) in [5.74, 6) is 0.847. The van der Waals surface area contributed by atoms with Gasteiger partial charge in [-0.25, -0.2) is 0 Å². The van der Waals surface area contributed by atoms with Gasteiger partial charge in [-0.2, -0.15) is 0 Å². The van der Waals surface area contributed by atoms with Gasteiger partial charge in [0.05, 0.1) is 0 Å². The van der Waals surface area contributed by atoms with Crippen LogP contribution in [0.2, 0.25) is 0 Å². The molecule has 0 saturated carbocycles. The summed E-state index contributed by atoms with van der Waals surface area (Å²) < 4.78 is 0. The summed E-state index contributed by atoms with van der Waals surface area (Å²) >= 11 is 0. The molecule has 1 nitrogen and oxygen atoms in total. The Bertz CT molecular complexity index is 106. The van der Waals surface area contributed by atoms with E-state index in [0.717, 1.165) is 18.2 Å². The van der Waals surface area contributed by atoms with E-state index in [1.807, 2.05) is 20.8 Å². The highest BCUT2D eigenvalue weighted by atomic mass is 14.9. The maximum atomic E-state index is 3.78. The number of hydrogen-bond donors (Lipinski definition) is 1. The Morgan fingerprint density at radius 1 is 1.23 bits per heavy atom. The molecule has 0 aromatic rings. The molecular formula is C12H27N. The fourth-order valence-corrected chi connectivity index (χ4v) is 0.979. The summed E-state index contributed by atoms with van der Waals surface area (Å²) in [4.78, 5) is 0. The van der Waals surface area contributed by atoms with Crippen LogP contribution in [0.25, 0.3) is 0 Å². The molecule has 0 bridgehead atoms. The Labute approximate surface area is 84.6 Å².